The fourth-order valence-electron chi connectivity index (χ4n) is 1.08. The van der Waals surface area contributed by atoms with Crippen LogP contribution >= 0.6 is 12.8 Å². The molecule has 0 aliphatic heterocycles. The summed E-state index contributed by atoms with van der Waals surface area (Å²) in [4.78, 5) is 21.6. The van der Waals surface area contributed by atoms with E-state index in [9.17, 15) is 9.59 Å². The number of hydrogen-bond acceptors (Lipinski definition) is 4. The van der Waals surface area contributed by atoms with Gasteiger partial charge in [-0.3, -0.25) is 14.3 Å². The van der Waals surface area contributed by atoms with E-state index in [4.69, 9.17) is 5.73 Å². The SMILES string of the molecule is NC(=O)C(=O)C(CC1CC1)NS. The van der Waals surface area contributed by atoms with Crippen LogP contribution in [0.25, 0.3) is 0 Å². The number of carbonyl (C=O) groups excluding carboxylic acids is 2. The standard InChI is InChI=1S/C7H12N2O2S/c8-7(11)6(10)5(9-12)3-4-1-2-4/h4-5,9,12H,1-3H2,(H2,8,11). The van der Waals surface area contributed by atoms with E-state index in [0.717, 1.165) is 12.8 Å². The fraction of sp³-hybridized carbons (Fsp3) is 0.714. The van der Waals surface area contributed by atoms with Gasteiger partial charge in [0.15, 0.2) is 0 Å². The van der Waals surface area contributed by atoms with Crippen LogP contribution in [0.4, 0.5) is 0 Å². The number of nitrogens with one attached hydrogen (secondary N) is 1. The lowest BCUT2D eigenvalue weighted by Gasteiger charge is -2.10. The second kappa shape index (κ2) is 3.91. The zero-order chi connectivity index (χ0) is 9.14. The molecule has 5 heteroatoms. The lowest BCUT2D eigenvalue weighted by atomic mass is 10.1. The maximum absolute atomic E-state index is 11.1. The highest BCUT2D eigenvalue weighted by molar-refractivity contribution is 7.78. The normalized spacial score (nSPS) is 18.8. The molecule has 3 N–H and O–H groups in total. The summed E-state index contributed by atoms with van der Waals surface area (Å²) in [5.74, 6) is -0.892. The molecule has 0 bridgehead atoms. The number of rotatable bonds is 5. The number of thiol groups is 1. The first kappa shape index (κ1) is 9.54. The lowest BCUT2D eigenvalue weighted by Crippen LogP contribution is -2.40. The topological polar surface area (TPSA) is 72.2 Å². The van der Waals surface area contributed by atoms with Gasteiger partial charge in [0, 0.05) is 0 Å². The number of ketones is 1. The van der Waals surface area contributed by atoms with Gasteiger partial charge in [0.25, 0.3) is 5.91 Å². The van der Waals surface area contributed by atoms with Gasteiger partial charge in [-0.25, -0.2) is 0 Å². The van der Waals surface area contributed by atoms with Crippen molar-refractivity contribution in [3.63, 3.8) is 0 Å². The Hall–Kier alpha value is -0.550. The van der Waals surface area contributed by atoms with E-state index in [1.54, 1.807) is 0 Å². The summed E-state index contributed by atoms with van der Waals surface area (Å²) in [6.45, 7) is 0. The van der Waals surface area contributed by atoms with Crippen molar-refractivity contribution in [1.82, 2.24) is 4.72 Å². The first-order valence-electron chi connectivity index (χ1n) is 3.88. The molecule has 4 nitrogen and oxygen atoms in total. The Morgan fingerprint density at radius 1 is 1.58 bits per heavy atom. The van der Waals surface area contributed by atoms with Crippen LogP contribution in [-0.4, -0.2) is 17.7 Å². The van der Waals surface area contributed by atoms with Gasteiger partial charge < -0.3 is 5.73 Å². The van der Waals surface area contributed by atoms with Gasteiger partial charge in [-0.2, -0.15) is 0 Å². The van der Waals surface area contributed by atoms with E-state index in [1.807, 2.05) is 0 Å². The molecule has 0 heterocycles. The van der Waals surface area contributed by atoms with Gasteiger partial charge in [0.05, 0.1) is 6.04 Å². The summed E-state index contributed by atoms with van der Waals surface area (Å²) in [6.07, 6.45) is 2.95. The number of carbonyl (C=O) groups is 2. The zero-order valence-electron chi connectivity index (χ0n) is 6.62. The fourth-order valence-corrected chi connectivity index (χ4v) is 1.30. The van der Waals surface area contributed by atoms with Crippen LogP contribution in [0.2, 0.25) is 0 Å². The Kier molecular flexibility index (Phi) is 3.11. The highest BCUT2D eigenvalue weighted by Crippen LogP contribution is 2.33. The highest BCUT2D eigenvalue weighted by atomic mass is 32.1. The summed E-state index contributed by atoms with van der Waals surface area (Å²) in [5, 5.41) is 0. The van der Waals surface area contributed by atoms with Gasteiger partial charge in [0.1, 0.15) is 0 Å². The number of nitrogens with two attached hydrogens (primary N) is 1. The van der Waals surface area contributed by atoms with Gasteiger partial charge >= 0.3 is 0 Å². The molecule has 1 saturated carbocycles. The van der Waals surface area contributed by atoms with E-state index >= 15 is 0 Å². The molecule has 1 unspecified atom stereocenters. The predicted molar refractivity (Wildman–Crippen MR) is 47.5 cm³/mol. The van der Waals surface area contributed by atoms with Crippen LogP contribution in [0, 0.1) is 5.92 Å². The third-order valence-corrected chi connectivity index (χ3v) is 2.29. The van der Waals surface area contributed by atoms with Crippen LogP contribution in [0.15, 0.2) is 0 Å². The van der Waals surface area contributed by atoms with Crippen LogP contribution in [0.1, 0.15) is 19.3 Å². The van der Waals surface area contributed by atoms with Crippen LogP contribution in [-0.2, 0) is 9.59 Å². The minimum atomic E-state index is -0.887. The molecule has 1 aliphatic carbocycles. The molecule has 1 rings (SSSR count). The molecule has 0 aromatic carbocycles. The van der Waals surface area contributed by atoms with E-state index in [-0.39, 0.29) is 0 Å². The summed E-state index contributed by atoms with van der Waals surface area (Å²) in [5.41, 5.74) is 4.85. The number of Topliss-reactive ketones (excluding diaryl/α,β-unsaturated/α-hetero) is 1. The Labute approximate surface area is 76.4 Å². The molecule has 0 spiro atoms. The molecule has 1 fully saturated rings. The van der Waals surface area contributed by atoms with Crippen LogP contribution < -0.4 is 10.5 Å². The Morgan fingerprint density at radius 2 is 2.17 bits per heavy atom. The summed E-state index contributed by atoms with van der Waals surface area (Å²) >= 11 is 3.77. The van der Waals surface area contributed by atoms with Gasteiger partial charge in [-0.1, -0.05) is 25.7 Å². The summed E-state index contributed by atoms with van der Waals surface area (Å²) < 4.78 is 2.50. The van der Waals surface area contributed by atoms with Crippen molar-refractivity contribution in [2.45, 2.75) is 25.3 Å². The monoisotopic (exact) mass is 188 g/mol. The minimum absolute atomic E-state index is 0.502. The van der Waals surface area contributed by atoms with Crippen molar-refractivity contribution in [3.8, 4) is 0 Å². The van der Waals surface area contributed by atoms with Crippen LogP contribution in [0.3, 0.4) is 0 Å². The first-order valence-corrected chi connectivity index (χ1v) is 4.33. The lowest BCUT2D eigenvalue weighted by molar-refractivity contribution is -0.137. The molecule has 12 heavy (non-hydrogen) atoms. The van der Waals surface area contributed by atoms with E-state index in [0.29, 0.717) is 12.3 Å². The van der Waals surface area contributed by atoms with E-state index in [1.165, 1.54) is 0 Å². The second-order valence-electron chi connectivity index (χ2n) is 3.09. The summed E-state index contributed by atoms with van der Waals surface area (Å²) in [7, 11) is 0. The van der Waals surface area contributed by atoms with Gasteiger partial charge in [-0.15, -0.1) is 0 Å². The number of primary amides is 1. The Balaban J connectivity index is 2.41. The molecule has 0 aromatic rings. The first-order chi connectivity index (χ1) is 5.65. The minimum Gasteiger partial charge on any atom is -0.363 e. The average Bonchev–Trinajstić information content (AvgIpc) is 2.82. The van der Waals surface area contributed by atoms with E-state index < -0.39 is 17.7 Å². The van der Waals surface area contributed by atoms with Gasteiger partial charge in [0.2, 0.25) is 5.78 Å². The largest absolute Gasteiger partial charge is 0.363 e. The third-order valence-electron chi connectivity index (χ3n) is 1.98. The van der Waals surface area contributed by atoms with Gasteiger partial charge in [-0.05, 0) is 12.3 Å². The van der Waals surface area contributed by atoms with Crippen molar-refractivity contribution >= 4 is 24.5 Å². The quantitative estimate of drug-likeness (QED) is 0.407. The number of amides is 1. The predicted octanol–water partition coefficient (Wildman–Crippen LogP) is -0.356. The smallest absolute Gasteiger partial charge is 0.286 e. The molecule has 1 amide bonds. The maximum Gasteiger partial charge on any atom is 0.286 e. The van der Waals surface area contributed by atoms with Crippen molar-refractivity contribution < 1.29 is 9.59 Å². The maximum atomic E-state index is 11.1. The Morgan fingerprint density at radius 3 is 2.50 bits per heavy atom. The zero-order valence-corrected chi connectivity index (χ0v) is 7.51. The molecule has 1 aliphatic rings. The molecular weight excluding hydrogens is 176 g/mol. The van der Waals surface area contributed by atoms with Crippen molar-refractivity contribution in [1.29, 1.82) is 0 Å². The summed E-state index contributed by atoms with van der Waals surface area (Å²) in [6, 6.07) is -0.502. The molecule has 68 valence electrons. The van der Waals surface area contributed by atoms with Crippen molar-refractivity contribution in [3.05, 3.63) is 0 Å². The van der Waals surface area contributed by atoms with Crippen molar-refractivity contribution in [2.24, 2.45) is 11.7 Å². The third kappa shape index (κ3) is 2.49. The molecule has 1 atom stereocenters. The second-order valence-corrected chi connectivity index (χ2v) is 3.35. The highest BCUT2D eigenvalue weighted by Gasteiger charge is 2.30. The van der Waals surface area contributed by atoms with Crippen molar-refractivity contribution in [2.75, 3.05) is 0 Å². The molecule has 0 radical (unpaired) electrons. The average molecular weight is 188 g/mol. The molecule has 0 aromatic heterocycles. The van der Waals surface area contributed by atoms with Crippen LogP contribution in [0.5, 0.6) is 0 Å². The number of hydrogen-bond donors (Lipinski definition) is 3. The van der Waals surface area contributed by atoms with E-state index in [2.05, 4.69) is 17.5 Å². The molecular formula is C7H12N2O2S. The Bertz CT molecular complexity index is 204. The molecule has 0 saturated heterocycles.